The minimum Gasteiger partial charge on any atom is -0.371 e. The van der Waals surface area contributed by atoms with Crippen molar-refractivity contribution in [1.82, 2.24) is 4.98 Å². The second kappa shape index (κ2) is 5.74. The third-order valence-electron chi connectivity index (χ3n) is 4.04. The van der Waals surface area contributed by atoms with E-state index in [1.165, 1.54) is 11.4 Å². The van der Waals surface area contributed by atoms with Gasteiger partial charge in [-0.25, -0.2) is 4.98 Å². The number of para-hydroxylation sites is 2. The molecule has 0 bridgehead atoms. The summed E-state index contributed by atoms with van der Waals surface area (Å²) in [6.45, 7) is 4.62. The zero-order chi connectivity index (χ0) is 14.8. The number of fused-ring (bicyclic) bond motifs is 1. The minimum absolute atomic E-state index is 0.553. The second-order valence-electron chi connectivity index (χ2n) is 5.44. The largest absolute Gasteiger partial charge is 0.371 e. The molecular formula is C17H22N4. The summed E-state index contributed by atoms with van der Waals surface area (Å²) in [5.41, 5.74) is 10.6. The maximum absolute atomic E-state index is 5.83. The first-order valence-electron chi connectivity index (χ1n) is 7.50. The van der Waals surface area contributed by atoms with Crippen molar-refractivity contribution in [3.63, 3.8) is 0 Å². The fourth-order valence-electron chi connectivity index (χ4n) is 2.81. The molecule has 2 heterocycles. The first-order chi connectivity index (χ1) is 10.2. The third-order valence-corrected chi connectivity index (χ3v) is 4.04. The van der Waals surface area contributed by atoms with E-state index in [9.17, 15) is 0 Å². The number of hydrogen-bond donors (Lipinski definition) is 1. The molecule has 2 N–H and O–H groups in total. The van der Waals surface area contributed by atoms with E-state index >= 15 is 0 Å². The first kappa shape index (κ1) is 13.9. The highest BCUT2D eigenvalue weighted by molar-refractivity contribution is 5.78. The van der Waals surface area contributed by atoms with E-state index in [4.69, 9.17) is 10.7 Å². The quantitative estimate of drug-likeness (QED) is 0.940. The summed E-state index contributed by atoms with van der Waals surface area (Å²) in [5, 5.41) is 0. The standard InChI is InChI=1S/C17H22N4/c1-3-14-10-13(12-18)11-17(19-14)21-9-8-20(2)15-6-4-5-7-16(15)21/h4-7,10-11H,3,8-9,12,18H2,1-2H3. The number of pyridine rings is 1. The van der Waals surface area contributed by atoms with Crippen molar-refractivity contribution in [3.8, 4) is 0 Å². The Morgan fingerprint density at radius 3 is 2.62 bits per heavy atom. The highest BCUT2D eigenvalue weighted by Crippen LogP contribution is 2.36. The molecule has 110 valence electrons. The van der Waals surface area contributed by atoms with Crippen LogP contribution in [0.2, 0.25) is 0 Å². The normalized spacial score (nSPS) is 14.2. The van der Waals surface area contributed by atoms with E-state index < -0.39 is 0 Å². The third kappa shape index (κ3) is 2.59. The fourth-order valence-corrected chi connectivity index (χ4v) is 2.81. The first-order valence-corrected chi connectivity index (χ1v) is 7.50. The number of hydrogen-bond acceptors (Lipinski definition) is 4. The van der Waals surface area contributed by atoms with Crippen molar-refractivity contribution in [2.24, 2.45) is 5.73 Å². The molecule has 0 saturated carbocycles. The number of aryl methyl sites for hydroxylation is 1. The van der Waals surface area contributed by atoms with Gasteiger partial charge in [0.25, 0.3) is 0 Å². The molecule has 0 unspecified atom stereocenters. The van der Waals surface area contributed by atoms with Crippen LogP contribution in [-0.2, 0) is 13.0 Å². The summed E-state index contributed by atoms with van der Waals surface area (Å²) in [4.78, 5) is 9.39. The molecule has 0 radical (unpaired) electrons. The molecule has 1 aromatic carbocycles. The summed E-state index contributed by atoms with van der Waals surface area (Å²) < 4.78 is 0. The number of likely N-dealkylation sites (N-methyl/N-ethyl adjacent to an activating group) is 1. The Balaban J connectivity index is 2.07. The van der Waals surface area contributed by atoms with Gasteiger partial charge >= 0.3 is 0 Å². The van der Waals surface area contributed by atoms with E-state index in [0.717, 1.165) is 36.6 Å². The fraction of sp³-hybridized carbons (Fsp3) is 0.353. The summed E-state index contributed by atoms with van der Waals surface area (Å²) in [6, 6.07) is 12.7. The number of anilines is 3. The summed E-state index contributed by atoms with van der Waals surface area (Å²) in [5.74, 6) is 1.01. The Bertz CT molecular complexity index is 616. The predicted octanol–water partition coefficient (Wildman–Crippen LogP) is 2.69. The molecule has 1 aliphatic heterocycles. The summed E-state index contributed by atoms with van der Waals surface area (Å²) >= 11 is 0. The average Bonchev–Trinajstić information content (AvgIpc) is 2.55. The second-order valence-corrected chi connectivity index (χ2v) is 5.44. The van der Waals surface area contributed by atoms with E-state index in [1.807, 2.05) is 0 Å². The lowest BCUT2D eigenvalue weighted by molar-refractivity contribution is 0.808. The maximum atomic E-state index is 5.83. The molecule has 0 fully saturated rings. The predicted molar refractivity (Wildman–Crippen MR) is 88.2 cm³/mol. The SMILES string of the molecule is CCc1cc(CN)cc(N2CCN(C)c3ccccc32)n1. The Kier molecular flexibility index (Phi) is 3.80. The lowest BCUT2D eigenvalue weighted by Gasteiger charge is -2.36. The van der Waals surface area contributed by atoms with Gasteiger partial charge in [0.1, 0.15) is 5.82 Å². The Hall–Kier alpha value is -2.07. The van der Waals surface area contributed by atoms with Crippen LogP contribution in [0.25, 0.3) is 0 Å². The monoisotopic (exact) mass is 282 g/mol. The van der Waals surface area contributed by atoms with Gasteiger partial charge in [0.05, 0.1) is 11.4 Å². The van der Waals surface area contributed by atoms with Crippen molar-refractivity contribution in [3.05, 3.63) is 47.7 Å². The lowest BCUT2D eigenvalue weighted by Crippen LogP contribution is -2.36. The number of rotatable bonds is 3. The molecule has 1 aromatic heterocycles. The van der Waals surface area contributed by atoms with Crippen molar-refractivity contribution >= 4 is 17.2 Å². The Morgan fingerprint density at radius 2 is 1.90 bits per heavy atom. The lowest BCUT2D eigenvalue weighted by atomic mass is 10.1. The average molecular weight is 282 g/mol. The smallest absolute Gasteiger partial charge is 0.133 e. The van der Waals surface area contributed by atoms with Crippen LogP contribution in [0, 0.1) is 0 Å². The summed E-state index contributed by atoms with van der Waals surface area (Å²) in [7, 11) is 2.14. The number of nitrogens with zero attached hydrogens (tertiary/aromatic N) is 3. The molecule has 0 aliphatic carbocycles. The van der Waals surface area contributed by atoms with Gasteiger partial charge < -0.3 is 15.5 Å². The van der Waals surface area contributed by atoms with Gasteiger partial charge in [-0.2, -0.15) is 0 Å². The van der Waals surface area contributed by atoms with Crippen LogP contribution < -0.4 is 15.5 Å². The van der Waals surface area contributed by atoms with E-state index in [2.05, 4.69) is 60.2 Å². The van der Waals surface area contributed by atoms with Crippen molar-refractivity contribution < 1.29 is 0 Å². The molecule has 0 atom stereocenters. The van der Waals surface area contributed by atoms with Crippen molar-refractivity contribution in [2.75, 3.05) is 29.9 Å². The van der Waals surface area contributed by atoms with Crippen LogP contribution in [0.3, 0.4) is 0 Å². The molecule has 3 rings (SSSR count). The van der Waals surface area contributed by atoms with E-state index in [-0.39, 0.29) is 0 Å². The van der Waals surface area contributed by atoms with Crippen molar-refractivity contribution in [2.45, 2.75) is 19.9 Å². The van der Waals surface area contributed by atoms with E-state index in [0.29, 0.717) is 6.54 Å². The van der Waals surface area contributed by atoms with Gasteiger partial charge in [-0.1, -0.05) is 19.1 Å². The van der Waals surface area contributed by atoms with Crippen LogP contribution in [-0.4, -0.2) is 25.1 Å². The molecule has 1 aliphatic rings. The molecule has 2 aromatic rings. The van der Waals surface area contributed by atoms with Gasteiger partial charge in [0.2, 0.25) is 0 Å². The highest BCUT2D eigenvalue weighted by atomic mass is 15.3. The van der Waals surface area contributed by atoms with Crippen LogP contribution in [0.4, 0.5) is 17.2 Å². The zero-order valence-electron chi connectivity index (χ0n) is 12.7. The molecule has 4 heteroatoms. The molecule has 21 heavy (non-hydrogen) atoms. The zero-order valence-corrected chi connectivity index (χ0v) is 12.7. The molecular weight excluding hydrogens is 260 g/mol. The van der Waals surface area contributed by atoms with Gasteiger partial charge in [-0.3, -0.25) is 0 Å². The highest BCUT2D eigenvalue weighted by Gasteiger charge is 2.22. The number of nitrogens with two attached hydrogens (primary N) is 1. The molecule has 0 saturated heterocycles. The van der Waals surface area contributed by atoms with E-state index in [1.54, 1.807) is 0 Å². The van der Waals surface area contributed by atoms with Gasteiger partial charge in [0.15, 0.2) is 0 Å². The number of benzene rings is 1. The summed E-state index contributed by atoms with van der Waals surface area (Å²) in [6.07, 6.45) is 0.927. The Morgan fingerprint density at radius 1 is 1.14 bits per heavy atom. The van der Waals surface area contributed by atoms with Gasteiger partial charge in [-0.05, 0) is 36.2 Å². The topological polar surface area (TPSA) is 45.4 Å². The Labute approximate surface area is 126 Å². The van der Waals surface area contributed by atoms with Crippen LogP contribution >= 0.6 is 0 Å². The van der Waals surface area contributed by atoms with Crippen LogP contribution in [0.15, 0.2) is 36.4 Å². The van der Waals surface area contributed by atoms with Crippen molar-refractivity contribution in [1.29, 1.82) is 0 Å². The van der Waals surface area contributed by atoms with Gasteiger partial charge in [-0.15, -0.1) is 0 Å². The minimum atomic E-state index is 0.553. The number of aromatic nitrogens is 1. The van der Waals surface area contributed by atoms with Gasteiger partial charge in [0, 0.05) is 32.4 Å². The van der Waals surface area contributed by atoms with Crippen LogP contribution in [0.1, 0.15) is 18.2 Å². The molecule has 0 amide bonds. The molecule has 4 nitrogen and oxygen atoms in total. The molecule has 0 spiro atoms. The van der Waals surface area contributed by atoms with Crippen LogP contribution in [0.5, 0.6) is 0 Å². The maximum Gasteiger partial charge on any atom is 0.133 e.